The van der Waals surface area contributed by atoms with Crippen molar-refractivity contribution in [2.24, 2.45) is 7.05 Å². The number of anilines is 1. The molecule has 1 rings (SSSR count). The molecule has 0 aliphatic heterocycles. The number of hydrogen-bond acceptors (Lipinski definition) is 5. The molecule has 1 aromatic rings. The van der Waals surface area contributed by atoms with Crippen LogP contribution in [-0.4, -0.2) is 51.6 Å². The molecule has 7 nitrogen and oxygen atoms in total. The van der Waals surface area contributed by atoms with Crippen molar-refractivity contribution in [3.8, 4) is 0 Å². The summed E-state index contributed by atoms with van der Waals surface area (Å²) in [5, 5.41) is 7.86. The molecular weight excluding hydrogens is 290 g/mol. The van der Waals surface area contributed by atoms with Crippen molar-refractivity contribution >= 4 is 15.8 Å². The topological polar surface area (TPSA) is 79.3 Å². The van der Waals surface area contributed by atoms with Gasteiger partial charge >= 0.3 is 0 Å². The van der Waals surface area contributed by atoms with Crippen LogP contribution in [0.3, 0.4) is 0 Å². The van der Waals surface area contributed by atoms with Crippen molar-refractivity contribution in [1.82, 2.24) is 19.8 Å². The highest BCUT2D eigenvalue weighted by molar-refractivity contribution is 7.88. The van der Waals surface area contributed by atoms with E-state index in [0.29, 0.717) is 25.6 Å². The van der Waals surface area contributed by atoms with Crippen LogP contribution in [-0.2, 0) is 23.6 Å². The fraction of sp³-hybridized carbons (Fsp3) is 0.769. The predicted molar refractivity (Wildman–Crippen MR) is 86.2 cm³/mol. The molecule has 0 aliphatic carbocycles. The average molecular weight is 317 g/mol. The zero-order valence-corrected chi connectivity index (χ0v) is 14.6. The number of nitrogens with zero attached hydrogens (tertiary/aromatic N) is 3. The molecule has 1 aromatic heterocycles. The lowest BCUT2D eigenvalue weighted by atomic mass is 10.1. The van der Waals surface area contributed by atoms with E-state index in [1.807, 2.05) is 30.7 Å². The van der Waals surface area contributed by atoms with E-state index in [9.17, 15) is 8.42 Å². The van der Waals surface area contributed by atoms with Gasteiger partial charge in [-0.2, -0.15) is 5.10 Å². The van der Waals surface area contributed by atoms with Crippen LogP contribution in [0.5, 0.6) is 0 Å². The van der Waals surface area contributed by atoms with Gasteiger partial charge in [-0.05, 0) is 5.92 Å². The van der Waals surface area contributed by atoms with Gasteiger partial charge in [0, 0.05) is 46.3 Å². The molecule has 0 aliphatic rings. The number of aryl methyl sites for hydroxylation is 1. The number of hydrogen-bond donors (Lipinski definition) is 2. The molecule has 0 amide bonds. The maximum atomic E-state index is 11.0. The maximum Gasteiger partial charge on any atom is 0.208 e. The van der Waals surface area contributed by atoms with Crippen molar-refractivity contribution < 1.29 is 8.42 Å². The summed E-state index contributed by atoms with van der Waals surface area (Å²) in [6.07, 6.45) is 1.16. The third-order valence-electron chi connectivity index (χ3n) is 3.08. The van der Waals surface area contributed by atoms with E-state index in [2.05, 4.69) is 29.0 Å². The van der Waals surface area contributed by atoms with Crippen LogP contribution in [0, 0.1) is 0 Å². The molecule has 1 heterocycles. The summed E-state index contributed by atoms with van der Waals surface area (Å²) in [7, 11) is 2.81. The van der Waals surface area contributed by atoms with Crippen LogP contribution >= 0.6 is 0 Å². The molecule has 0 saturated carbocycles. The summed E-state index contributed by atoms with van der Waals surface area (Å²) < 4.78 is 26.3. The largest absolute Gasteiger partial charge is 0.363 e. The lowest BCUT2D eigenvalue weighted by Crippen LogP contribution is -2.31. The average Bonchev–Trinajstić information content (AvgIpc) is 2.64. The summed E-state index contributed by atoms with van der Waals surface area (Å²) in [6, 6.07) is 0. The van der Waals surface area contributed by atoms with Crippen molar-refractivity contribution in [1.29, 1.82) is 0 Å². The minimum atomic E-state index is -3.12. The second-order valence-corrected chi connectivity index (χ2v) is 7.54. The van der Waals surface area contributed by atoms with Gasteiger partial charge in [0.05, 0.1) is 11.9 Å². The smallest absolute Gasteiger partial charge is 0.208 e. The normalized spacial score (nSPS) is 12.1. The van der Waals surface area contributed by atoms with E-state index < -0.39 is 10.0 Å². The van der Waals surface area contributed by atoms with Crippen LogP contribution in [0.2, 0.25) is 0 Å². The first-order chi connectivity index (χ1) is 9.63. The van der Waals surface area contributed by atoms with Gasteiger partial charge in [-0.1, -0.05) is 13.8 Å². The minimum absolute atomic E-state index is 0.343. The number of rotatable bonds is 8. The van der Waals surface area contributed by atoms with E-state index in [4.69, 9.17) is 0 Å². The highest BCUT2D eigenvalue weighted by Crippen LogP contribution is 2.26. The molecule has 0 radical (unpaired) electrons. The zero-order valence-electron chi connectivity index (χ0n) is 13.8. The Morgan fingerprint density at radius 2 is 1.90 bits per heavy atom. The van der Waals surface area contributed by atoms with Crippen LogP contribution < -0.4 is 14.9 Å². The molecular formula is C13H27N5O2S. The third-order valence-corrected chi connectivity index (χ3v) is 3.81. The highest BCUT2D eigenvalue weighted by Gasteiger charge is 2.19. The van der Waals surface area contributed by atoms with E-state index >= 15 is 0 Å². The van der Waals surface area contributed by atoms with E-state index in [-0.39, 0.29) is 0 Å². The van der Waals surface area contributed by atoms with Gasteiger partial charge in [0.15, 0.2) is 0 Å². The molecule has 0 fully saturated rings. The maximum absolute atomic E-state index is 11.0. The molecule has 0 atom stereocenters. The van der Waals surface area contributed by atoms with Gasteiger partial charge < -0.3 is 10.2 Å². The van der Waals surface area contributed by atoms with Gasteiger partial charge in [-0.15, -0.1) is 0 Å². The molecule has 8 heteroatoms. The first-order valence-electron chi connectivity index (χ1n) is 7.02. The Bertz CT molecular complexity index is 563. The van der Waals surface area contributed by atoms with Gasteiger partial charge in [-0.3, -0.25) is 4.68 Å². The zero-order chi connectivity index (χ0) is 16.2. The minimum Gasteiger partial charge on any atom is -0.363 e. The molecule has 122 valence electrons. The van der Waals surface area contributed by atoms with E-state index in [0.717, 1.165) is 23.3 Å². The Hall–Kier alpha value is -1.12. The second-order valence-electron chi connectivity index (χ2n) is 5.70. The molecule has 0 saturated heterocycles. The molecule has 21 heavy (non-hydrogen) atoms. The fourth-order valence-corrected chi connectivity index (χ4v) is 2.78. The molecule has 0 spiro atoms. The van der Waals surface area contributed by atoms with Gasteiger partial charge in [0.2, 0.25) is 10.0 Å². The van der Waals surface area contributed by atoms with Gasteiger partial charge in [0.25, 0.3) is 0 Å². The number of aromatic nitrogens is 2. The fourth-order valence-electron chi connectivity index (χ4n) is 2.31. The van der Waals surface area contributed by atoms with Gasteiger partial charge in [-0.25, -0.2) is 13.1 Å². The summed E-state index contributed by atoms with van der Waals surface area (Å²) in [6.45, 7) is 5.87. The van der Waals surface area contributed by atoms with Crippen molar-refractivity contribution in [2.45, 2.75) is 26.3 Å². The summed E-state index contributed by atoms with van der Waals surface area (Å²) in [4.78, 5) is 2.05. The van der Waals surface area contributed by atoms with E-state index in [1.165, 1.54) is 0 Å². The van der Waals surface area contributed by atoms with Crippen molar-refractivity contribution in [2.75, 3.05) is 38.3 Å². The predicted octanol–water partition coefficient (Wildman–Crippen LogP) is 0.248. The highest BCUT2D eigenvalue weighted by atomic mass is 32.2. The number of sulfonamides is 1. The molecule has 0 aromatic carbocycles. The molecule has 0 unspecified atom stereocenters. The monoisotopic (exact) mass is 317 g/mol. The van der Waals surface area contributed by atoms with Gasteiger partial charge in [0.1, 0.15) is 5.82 Å². The Labute approximate surface area is 127 Å². The SMILES string of the molecule is CC(C)c1nn(C)c(N(C)C)c1CNCCNS(C)(=O)=O. The van der Waals surface area contributed by atoms with Crippen LogP contribution in [0.25, 0.3) is 0 Å². The summed E-state index contributed by atoms with van der Waals surface area (Å²) in [5.41, 5.74) is 2.24. The lowest BCUT2D eigenvalue weighted by Gasteiger charge is -2.16. The molecule has 2 N–H and O–H groups in total. The Kier molecular flexibility index (Phi) is 6.18. The first-order valence-corrected chi connectivity index (χ1v) is 8.91. The summed E-state index contributed by atoms with van der Waals surface area (Å²) >= 11 is 0. The standard InChI is InChI=1S/C13H27N5O2S/c1-10(2)12-11(13(17(3)4)18(5)16-12)9-14-7-8-15-21(6,19)20/h10,14-15H,7-9H2,1-6H3. The number of nitrogens with one attached hydrogen (secondary N) is 2. The quantitative estimate of drug-likeness (QED) is 0.672. The third kappa shape index (κ3) is 5.29. The lowest BCUT2D eigenvalue weighted by molar-refractivity contribution is 0.581. The Balaban J connectivity index is 2.73. The van der Waals surface area contributed by atoms with E-state index in [1.54, 1.807) is 0 Å². The van der Waals surface area contributed by atoms with Crippen molar-refractivity contribution in [3.63, 3.8) is 0 Å². The first kappa shape index (κ1) is 17.9. The Morgan fingerprint density at radius 1 is 1.29 bits per heavy atom. The van der Waals surface area contributed by atoms with Crippen molar-refractivity contribution in [3.05, 3.63) is 11.3 Å². The van der Waals surface area contributed by atoms with Crippen LogP contribution in [0.1, 0.15) is 31.0 Å². The Morgan fingerprint density at radius 3 is 2.38 bits per heavy atom. The van der Waals surface area contributed by atoms with Crippen LogP contribution in [0.4, 0.5) is 5.82 Å². The molecule has 0 bridgehead atoms. The summed E-state index contributed by atoms with van der Waals surface area (Å²) in [5.74, 6) is 1.41. The second kappa shape index (κ2) is 7.24. The van der Waals surface area contributed by atoms with Crippen LogP contribution in [0.15, 0.2) is 0 Å².